The minimum atomic E-state index is -0.455. The van der Waals surface area contributed by atoms with Crippen LogP contribution in [0.4, 0.5) is 0 Å². The fourth-order valence-electron chi connectivity index (χ4n) is 2.48. The summed E-state index contributed by atoms with van der Waals surface area (Å²) in [5.74, 6) is -0.266. The summed E-state index contributed by atoms with van der Waals surface area (Å²) in [6.45, 7) is -0.208. The highest BCUT2D eigenvalue weighted by Gasteiger charge is 2.11. The highest BCUT2D eigenvalue weighted by Crippen LogP contribution is 2.21. The van der Waals surface area contributed by atoms with Gasteiger partial charge in [0.1, 0.15) is 11.4 Å². The molecule has 0 spiro atoms. The maximum absolute atomic E-state index is 12.0. The Morgan fingerprint density at radius 2 is 1.74 bits per heavy atom. The van der Waals surface area contributed by atoms with Gasteiger partial charge < -0.3 is 9.72 Å². The number of amides is 2. The van der Waals surface area contributed by atoms with Crippen molar-refractivity contribution in [3.63, 3.8) is 0 Å². The van der Waals surface area contributed by atoms with Crippen molar-refractivity contribution in [3.05, 3.63) is 88.2 Å². The van der Waals surface area contributed by atoms with E-state index in [4.69, 9.17) is 4.74 Å². The molecule has 7 heteroatoms. The zero-order valence-electron chi connectivity index (χ0n) is 14.4. The summed E-state index contributed by atoms with van der Waals surface area (Å²) in [7, 11) is 0. The topological polar surface area (TPSA) is 83.2 Å². The smallest absolute Gasteiger partial charge is 0.286 e. The van der Waals surface area contributed by atoms with Crippen LogP contribution < -0.4 is 15.6 Å². The maximum Gasteiger partial charge on any atom is 0.286 e. The minimum absolute atomic E-state index is 0.208. The normalized spacial score (nSPS) is 10.3. The number of hydrogen-bond donors (Lipinski definition) is 3. The molecule has 0 unspecified atom stereocenters. The minimum Gasteiger partial charge on any atom is -0.483 e. The predicted molar refractivity (Wildman–Crippen MR) is 105 cm³/mol. The molecule has 2 amide bonds. The van der Waals surface area contributed by atoms with Crippen LogP contribution in [0.15, 0.2) is 71.3 Å². The third-order valence-electron chi connectivity index (χ3n) is 3.78. The number of para-hydroxylation sites is 1. The van der Waals surface area contributed by atoms with Crippen molar-refractivity contribution in [2.45, 2.75) is 6.42 Å². The molecule has 6 nitrogen and oxygen atoms in total. The quantitative estimate of drug-likeness (QED) is 0.528. The summed E-state index contributed by atoms with van der Waals surface area (Å²) >= 11 is 3.24. The van der Waals surface area contributed by atoms with Crippen LogP contribution >= 0.6 is 15.9 Å². The van der Waals surface area contributed by atoms with Gasteiger partial charge in [0.2, 0.25) is 0 Å². The van der Waals surface area contributed by atoms with E-state index in [2.05, 4.69) is 31.8 Å². The molecule has 1 aromatic heterocycles. The Morgan fingerprint density at radius 3 is 2.48 bits per heavy atom. The lowest BCUT2D eigenvalue weighted by molar-refractivity contribution is -0.123. The Bertz CT molecular complexity index is 925. The molecule has 3 rings (SSSR count). The number of nitrogens with one attached hydrogen (secondary N) is 3. The van der Waals surface area contributed by atoms with Gasteiger partial charge in [-0.25, -0.2) is 0 Å². The monoisotopic (exact) mass is 427 g/mol. The van der Waals surface area contributed by atoms with Crippen molar-refractivity contribution in [3.8, 4) is 5.75 Å². The SMILES string of the molecule is O=C(COc1ccccc1Cc1ccccc1)NNC(=O)c1cc(Br)c[nH]1. The van der Waals surface area contributed by atoms with Gasteiger partial charge in [0.25, 0.3) is 11.8 Å². The standard InChI is InChI=1S/C20H18BrN3O3/c21-16-11-17(22-12-16)20(26)24-23-19(25)13-27-18-9-5-4-8-15(18)10-14-6-2-1-3-7-14/h1-9,11-12,22H,10,13H2,(H,23,25)(H,24,26). The van der Waals surface area contributed by atoms with Crippen LogP contribution in [-0.4, -0.2) is 23.4 Å². The molecule has 3 N–H and O–H groups in total. The molecule has 0 aliphatic carbocycles. The number of hydrogen-bond acceptors (Lipinski definition) is 3. The van der Waals surface area contributed by atoms with E-state index in [9.17, 15) is 9.59 Å². The summed E-state index contributed by atoms with van der Waals surface area (Å²) in [6.07, 6.45) is 2.33. The van der Waals surface area contributed by atoms with Gasteiger partial charge in [0.05, 0.1) is 0 Å². The van der Waals surface area contributed by atoms with Crippen LogP contribution in [-0.2, 0) is 11.2 Å². The molecule has 0 aliphatic heterocycles. The van der Waals surface area contributed by atoms with Crippen LogP contribution in [0.1, 0.15) is 21.6 Å². The first-order valence-electron chi connectivity index (χ1n) is 8.29. The van der Waals surface area contributed by atoms with Crippen LogP contribution in [0.5, 0.6) is 5.75 Å². The Balaban J connectivity index is 1.52. The van der Waals surface area contributed by atoms with Gasteiger partial charge in [-0.3, -0.25) is 20.4 Å². The first-order chi connectivity index (χ1) is 13.1. The Morgan fingerprint density at radius 1 is 1.00 bits per heavy atom. The number of rotatable bonds is 6. The maximum atomic E-state index is 12.0. The Hall–Kier alpha value is -3.06. The van der Waals surface area contributed by atoms with Gasteiger partial charge in [-0.15, -0.1) is 0 Å². The molecule has 0 aliphatic rings. The van der Waals surface area contributed by atoms with Crippen molar-refractivity contribution < 1.29 is 14.3 Å². The fourth-order valence-corrected chi connectivity index (χ4v) is 2.82. The second kappa shape index (κ2) is 9.05. The number of ether oxygens (including phenoxy) is 1. The molecule has 0 saturated heterocycles. The van der Waals surface area contributed by atoms with Gasteiger partial charge in [-0.1, -0.05) is 48.5 Å². The van der Waals surface area contributed by atoms with Crippen molar-refractivity contribution in [1.29, 1.82) is 0 Å². The molecular weight excluding hydrogens is 410 g/mol. The first-order valence-corrected chi connectivity index (χ1v) is 9.09. The van der Waals surface area contributed by atoms with Crippen molar-refractivity contribution >= 4 is 27.7 Å². The van der Waals surface area contributed by atoms with Gasteiger partial charge >= 0.3 is 0 Å². The van der Waals surface area contributed by atoms with Gasteiger partial charge in [-0.2, -0.15) is 0 Å². The molecule has 3 aromatic rings. The Labute approximate surface area is 165 Å². The van der Waals surface area contributed by atoms with E-state index in [-0.39, 0.29) is 6.61 Å². The van der Waals surface area contributed by atoms with E-state index in [1.165, 1.54) is 0 Å². The number of H-pyrrole nitrogens is 1. The molecule has 138 valence electrons. The van der Waals surface area contributed by atoms with Crippen LogP contribution in [0.25, 0.3) is 0 Å². The average Bonchev–Trinajstić information content (AvgIpc) is 3.13. The largest absolute Gasteiger partial charge is 0.483 e. The highest BCUT2D eigenvalue weighted by molar-refractivity contribution is 9.10. The lowest BCUT2D eigenvalue weighted by atomic mass is 10.0. The van der Waals surface area contributed by atoms with E-state index >= 15 is 0 Å². The zero-order chi connectivity index (χ0) is 19.1. The predicted octanol–water partition coefficient (Wildman–Crippen LogP) is 3.21. The second-order valence-corrected chi connectivity index (χ2v) is 6.71. The third kappa shape index (κ3) is 5.46. The van der Waals surface area contributed by atoms with Crippen molar-refractivity contribution in [2.24, 2.45) is 0 Å². The lowest BCUT2D eigenvalue weighted by Crippen LogP contribution is -2.44. The van der Waals surface area contributed by atoms with Gasteiger partial charge in [0.15, 0.2) is 6.61 Å². The zero-order valence-corrected chi connectivity index (χ0v) is 16.0. The lowest BCUT2D eigenvalue weighted by Gasteiger charge is -2.12. The molecule has 27 heavy (non-hydrogen) atoms. The summed E-state index contributed by atoms with van der Waals surface area (Å²) in [4.78, 5) is 26.6. The average molecular weight is 428 g/mol. The molecule has 0 atom stereocenters. The number of benzene rings is 2. The van der Waals surface area contributed by atoms with Crippen molar-refractivity contribution in [1.82, 2.24) is 15.8 Å². The molecule has 1 heterocycles. The summed E-state index contributed by atoms with van der Waals surface area (Å²) in [5.41, 5.74) is 7.13. The number of carbonyl (C=O) groups excluding carboxylic acids is 2. The number of hydrazine groups is 1. The highest BCUT2D eigenvalue weighted by atomic mass is 79.9. The van der Waals surface area contributed by atoms with E-state index in [0.717, 1.165) is 15.6 Å². The molecule has 0 fully saturated rings. The van der Waals surface area contributed by atoms with E-state index in [1.807, 2.05) is 54.6 Å². The number of carbonyl (C=O) groups is 2. The van der Waals surface area contributed by atoms with Gasteiger partial charge in [-0.05, 0) is 39.2 Å². The van der Waals surface area contributed by atoms with Gasteiger partial charge in [0, 0.05) is 17.1 Å². The molecule has 0 radical (unpaired) electrons. The van der Waals surface area contributed by atoms with Crippen LogP contribution in [0.3, 0.4) is 0 Å². The van der Waals surface area contributed by atoms with Crippen LogP contribution in [0, 0.1) is 0 Å². The molecule has 2 aromatic carbocycles. The number of aromatic nitrogens is 1. The second-order valence-electron chi connectivity index (χ2n) is 5.79. The van der Waals surface area contributed by atoms with Crippen molar-refractivity contribution in [2.75, 3.05) is 6.61 Å². The summed E-state index contributed by atoms with van der Waals surface area (Å²) in [6, 6.07) is 19.2. The molecular formula is C20H18BrN3O3. The fraction of sp³-hybridized carbons (Fsp3) is 0.100. The van der Waals surface area contributed by atoms with E-state index in [0.29, 0.717) is 17.9 Å². The third-order valence-corrected chi connectivity index (χ3v) is 4.23. The first kappa shape index (κ1) is 18.7. The summed E-state index contributed by atoms with van der Waals surface area (Å²) in [5, 5.41) is 0. The molecule has 0 saturated carbocycles. The van der Waals surface area contributed by atoms with Crippen LogP contribution in [0.2, 0.25) is 0 Å². The summed E-state index contributed by atoms with van der Waals surface area (Å²) < 4.78 is 6.38. The van der Waals surface area contributed by atoms with E-state index < -0.39 is 11.8 Å². The molecule has 0 bridgehead atoms. The number of halogens is 1. The van der Waals surface area contributed by atoms with E-state index in [1.54, 1.807) is 12.3 Å². The number of aromatic amines is 1. The Kier molecular flexibility index (Phi) is 6.27.